The number of carbonyl (C=O) groups is 1. The first-order valence-corrected chi connectivity index (χ1v) is 7.59. The predicted octanol–water partition coefficient (Wildman–Crippen LogP) is 2.42. The number of carboxylic acid groups (broad SMARTS) is 1. The van der Waals surface area contributed by atoms with Crippen LogP contribution in [0, 0.1) is 0 Å². The van der Waals surface area contributed by atoms with Gasteiger partial charge in [-0.2, -0.15) is 0 Å². The average molecular weight is 337 g/mol. The minimum absolute atomic E-state index is 0.0431. The maximum atomic E-state index is 14.7. The Bertz CT molecular complexity index is 737. The third-order valence-corrected chi connectivity index (χ3v) is 4.51. The Kier molecular flexibility index (Phi) is 4.74. The monoisotopic (exact) mass is 337 g/mol. The summed E-state index contributed by atoms with van der Waals surface area (Å²) in [5.74, 6) is -1.16. The Labute approximate surface area is 140 Å². The van der Waals surface area contributed by atoms with Crippen LogP contribution in [0.15, 0.2) is 34.4 Å². The number of pyridine rings is 1. The molecule has 0 spiro atoms. The van der Waals surface area contributed by atoms with E-state index in [0.29, 0.717) is 0 Å². The van der Waals surface area contributed by atoms with Gasteiger partial charge in [0, 0.05) is 18.8 Å². The van der Waals surface area contributed by atoms with Crippen molar-refractivity contribution in [2.75, 3.05) is 0 Å². The van der Waals surface area contributed by atoms with E-state index < -0.39 is 35.6 Å². The van der Waals surface area contributed by atoms with Gasteiger partial charge >= 0.3 is 13.1 Å². The van der Waals surface area contributed by atoms with Crippen LogP contribution in [0.25, 0.3) is 0 Å². The van der Waals surface area contributed by atoms with Crippen LogP contribution >= 0.6 is 0 Å². The molecule has 1 aromatic heterocycles. The zero-order chi connectivity index (χ0) is 18.3. The second-order valence-electron chi connectivity index (χ2n) is 6.91. The molecule has 0 unspecified atom stereocenters. The fourth-order valence-electron chi connectivity index (χ4n) is 2.26. The van der Waals surface area contributed by atoms with Crippen LogP contribution < -0.4 is 5.56 Å². The van der Waals surface area contributed by atoms with Crippen LogP contribution in [0.2, 0.25) is 0 Å². The smallest absolute Gasteiger partial charge is 0.478 e. The van der Waals surface area contributed by atoms with Crippen molar-refractivity contribution in [2.45, 2.75) is 52.4 Å². The van der Waals surface area contributed by atoms with Gasteiger partial charge in [0.05, 0.1) is 16.8 Å². The first-order chi connectivity index (χ1) is 10.9. The molecule has 1 N–H and O–H groups in total. The Balaban J connectivity index is 2.27. The number of carboxylic acids is 1. The maximum Gasteiger partial charge on any atom is 0.525 e. The zero-order valence-electron chi connectivity index (χ0n) is 14.4. The first-order valence-electron chi connectivity index (χ1n) is 7.59. The van der Waals surface area contributed by atoms with E-state index in [4.69, 9.17) is 14.4 Å². The van der Waals surface area contributed by atoms with Gasteiger partial charge in [-0.15, -0.1) is 0 Å². The predicted molar refractivity (Wildman–Crippen MR) is 87.6 cm³/mol. The van der Waals surface area contributed by atoms with Crippen LogP contribution in [0.5, 0.6) is 0 Å². The molecule has 1 fully saturated rings. The van der Waals surface area contributed by atoms with Crippen LogP contribution in [0.4, 0.5) is 4.39 Å². The van der Waals surface area contributed by atoms with E-state index in [9.17, 15) is 14.0 Å². The lowest BCUT2D eigenvalue weighted by molar-refractivity contribution is 0.00578. The Morgan fingerprint density at radius 2 is 1.79 bits per heavy atom. The highest BCUT2D eigenvalue weighted by molar-refractivity contribution is 6.53. The van der Waals surface area contributed by atoms with Crippen molar-refractivity contribution in [3.05, 3.63) is 45.5 Å². The highest BCUT2D eigenvalue weighted by Crippen LogP contribution is 2.39. The summed E-state index contributed by atoms with van der Waals surface area (Å²) in [5, 5.41) is 8.99. The van der Waals surface area contributed by atoms with Crippen molar-refractivity contribution in [3.8, 4) is 0 Å². The maximum absolute atomic E-state index is 14.7. The lowest BCUT2D eigenvalue weighted by Gasteiger charge is -2.32. The molecule has 1 aliphatic rings. The van der Waals surface area contributed by atoms with Crippen LogP contribution in [-0.4, -0.2) is 34.0 Å². The molecule has 0 amide bonds. The van der Waals surface area contributed by atoms with Gasteiger partial charge < -0.3 is 19.0 Å². The van der Waals surface area contributed by atoms with E-state index in [0.717, 1.165) is 10.6 Å². The van der Waals surface area contributed by atoms with Crippen LogP contribution in [-0.2, 0) is 15.9 Å². The van der Waals surface area contributed by atoms with E-state index in [1.54, 1.807) is 0 Å². The Morgan fingerprint density at radius 1 is 1.25 bits per heavy atom. The van der Waals surface area contributed by atoms with E-state index in [1.165, 1.54) is 19.2 Å². The van der Waals surface area contributed by atoms with Crippen molar-refractivity contribution in [2.24, 2.45) is 0 Å². The van der Waals surface area contributed by atoms with Crippen molar-refractivity contribution in [1.29, 1.82) is 0 Å². The molecule has 0 saturated carbocycles. The molecule has 0 aliphatic carbocycles. The molecule has 2 rings (SSSR count). The summed E-state index contributed by atoms with van der Waals surface area (Å²) < 4.78 is 27.1. The van der Waals surface area contributed by atoms with Gasteiger partial charge in [-0.3, -0.25) is 4.79 Å². The van der Waals surface area contributed by atoms with Gasteiger partial charge in [0.1, 0.15) is 5.73 Å². The largest absolute Gasteiger partial charge is 0.525 e. The van der Waals surface area contributed by atoms with Crippen LogP contribution in [0.3, 0.4) is 0 Å². The van der Waals surface area contributed by atoms with E-state index in [-0.39, 0.29) is 17.7 Å². The number of aromatic nitrogens is 1. The van der Waals surface area contributed by atoms with E-state index in [1.807, 2.05) is 27.7 Å². The van der Waals surface area contributed by atoms with Crippen molar-refractivity contribution < 1.29 is 23.6 Å². The molecule has 6 nitrogen and oxygen atoms in total. The highest BCUT2D eigenvalue weighted by atomic mass is 19.1. The van der Waals surface area contributed by atoms with Crippen molar-refractivity contribution in [3.63, 3.8) is 0 Å². The van der Waals surface area contributed by atoms with Gasteiger partial charge in [0.25, 0.3) is 5.56 Å². The van der Waals surface area contributed by atoms with Crippen molar-refractivity contribution >= 4 is 13.1 Å². The fraction of sp³-hybridized carbons (Fsp3) is 0.500. The molecule has 1 aliphatic heterocycles. The summed E-state index contributed by atoms with van der Waals surface area (Å²) in [6, 6.07) is 2.36. The Morgan fingerprint density at radius 3 is 2.29 bits per heavy atom. The van der Waals surface area contributed by atoms with Crippen LogP contribution in [0.1, 0.15) is 45.0 Å². The van der Waals surface area contributed by atoms with Gasteiger partial charge in [-0.25, -0.2) is 9.18 Å². The average Bonchev–Trinajstić information content (AvgIpc) is 2.68. The molecule has 0 bridgehead atoms. The zero-order valence-corrected chi connectivity index (χ0v) is 14.4. The van der Waals surface area contributed by atoms with Crippen molar-refractivity contribution in [1.82, 2.24) is 4.57 Å². The summed E-state index contributed by atoms with van der Waals surface area (Å²) in [7, 11) is -1.15. The summed E-state index contributed by atoms with van der Waals surface area (Å²) in [6.45, 7) is 8.69. The van der Waals surface area contributed by atoms with Gasteiger partial charge in [-0.05, 0) is 46.3 Å². The molecule has 2 heterocycles. The topological polar surface area (TPSA) is 77.8 Å². The second kappa shape index (κ2) is 6.18. The quantitative estimate of drug-likeness (QED) is 0.854. The highest BCUT2D eigenvalue weighted by Gasteiger charge is 2.53. The third kappa shape index (κ3) is 3.44. The second-order valence-corrected chi connectivity index (χ2v) is 6.91. The lowest BCUT2D eigenvalue weighted by Crippen LogP contribution is -2.41. The fourth-order valence-corrected chi connectivity index (χ4v) is 2.26. The molecule has 1 saturated heterocycles. The number of hydrogen-bond donors (Lipinski definition) is 1. The number of hydrogen-bond acceptors (Lipinski definition) is 4. The minimum atomic E-state index is -1.16. The summed E-state index contributed by atoms with van der Waals surface area (Å²) in [6.07, 6.45) is 1.19. The molecule has 0 atom stereocenters. The number of allylic oxidation sites excluding steroid dienone is 1. The molecule has 0 aromatic carbocycles. The number of rotatable bonds is 4. The molecular formula is C16H21BFNO5. The third-order valence-electron chi connectivity index (χ3n) is 4.51. The minimum Gasteiger partial charge on any atom is -0.478 e. The summed E-state index contributed by atoms with van der Waals surface area (Å²) in [5.41, 5.74) is -2.18. The van der Waals surface area contributed by atoms with Gasteiger partial charge in [-0.1, -0.05) is 0 Å². The Hall–Kier alpha value is -1.93. The van der Waals surface area contributed by atoms with E-state index in [2.05, 4.69) is 0 Å². The number of aromatic carboxylic acids is 1. The normalized spacial score (nSPS) is 20.0. The standard InChI is InChI=1S/C16H21BFNO5/c1-10(8-19-9-11(14(21)22)6-7-12(19)20)13(18)17-23-15(2,3)16(4,5)24-17/h6-7,9H,8H2,1-5H3,(H,21,22). The molecule has 130 valence electrons. The lowest BCUT2D eigenvalue weighted by atomic mass is 9.85. The molecule has 1 aromatic rings. The number of nitrogens with zero attached hydrogens (tertiary/aromatic N) is 1. The summed E-state index contributed by atoms with van der Waals surface area (Å²) >= 11 is 0. The molecule has 8 heteroatoms. The van der Waals surface area contributed by atoms with Gasteiger partial charge in [0.15, 0.2) is 0 Å². The SMILES string of the molecule is CC(Cn1cc(C(=O)O)ccc1=O)=C(F)B1OC(C)(C)C(C)(C)O1. The molecule has 0 radical (unpaired) electrons. The molecular weight excluding hydrogens is 316 g/mol. The first kappa shape index (κ1) is 18.4. The number of halogens is 1. The summed E-state index contributed by atoms with van der Waals surface area (Å²) in [4.78, 5) is 22.8. The van der Waals surface area contributed by atoms with Gasteiger partial charge in [0.2, 0.25) is 0 Å². The molecule has 24 heavy (non-hydrogen) atoms. The van der Waals surface area contributed by atoms with E-state index >= 15 is 0 Å².